The van der Waals surface area contributed by atoms with Crippen molar-refractivity contribution in [3.63, 3.8) is 0 Å². The molecule has 2 aromatic heterocycles. The summed E-state index contributed by atoms with van der Waals surface area (Å²) in [5.74, 6) is 1.31. The first-order chi connectivity index (χ1) is 10.2. The quantitative estimate of drug-likeness (QED) is 0.785. The second-order valence-corrected chi connectivity index (χ2v) is 5.54. The van der Waals surface area contributed by atoms with Gasteiger partial charge in [-0.15, -0.1) is 11.3 Å². The van der Waals surface area contributed by atoms with Gasteiger partial charge in [0, 0.05) is 13.1 Å². The van der Waals surface area contributed by atoms with Crippen molar-refractivity contribution in [3.05, 3.63) is 46.3 Å². The first-order valence-electron chi connectivity index (χ1n) is 6.17. The Morgan fingerprint density at radius 2 is 2.19 bits per heavy atom. The van der Waals surface area contributed by atoms with Gasteiger partial charge in [0.25, 0.3) is 0 Å². The highest BCUT2D eigenvalue weighted by Crippen LogP contribution is 2.25. The lowest BCUT2D eigenvalue weighted by molar-refractivity contribution is 0.296. The minimum atomic E-state index is -0.474. The monoisotopic (exact) mass is 323 g/mol. The molecule has 2 heterocycles. The number of aromatic nitrogens is 2. The van der Waals surface area contributed by atoms with Crippen molar-refractivity contribution < 1.29 is 9.13 Å². The Morgan fingerprint density at radius 1 is 1.33 bits per heavy atom. The van der Waals surface area contributed by atoms with Crippen molar-refractivity contribution in [2.45, 2.75) is 6.61 Å². The van der Waals surface area contributed by atoms with E-state index in [1.807, 2.05) is 18.5 Å². The van der Waals surface area contributed by atoms with Gasteiger partial charge >= 0.3 is 0 Å². The molecule has 1 aromatic carbocycles. The second kappa shape index (κ2) is 5.83. The van der Waals surface area contributed by atoms with Crippen molar-refractivity contribution >= 4 is 39.0 Å². The van der Waals surface area contributed by atoms with Crippen LogP contribution in [0.15, 0.2) is 29.6 Å². The highest BCUT2D eigenvalue weighted by atomic mass is 35.5. The summed E-state index contributed by atoms with van der Waals surface area (Å²) in [7, 11) is 1.81. The standard InChI is InChI=1S/C14H11ClFN3OS/c1-17-13-9-4-5-21-14(9)19-12(18-13)7-20-8-2-3-11(16)10(15)6-8/h2-6H,7H2,1H3,(H,17,18,19). The second-order valence-electron chi connectivity index (χ2n) is 4.24. The van der Waals surface area contributed by atoms with Crippen LogP contribution in [-0.2, 0) is 6.61 Å². The fourth-order valence-corrected chi connectivity index (χ4v) is 2.82. The lowest BCUT2D eigenvalue weighted by Crippen LogP contribution is -2.04. The smallest absolute Gasteiger partial charge is 0.169 e. The molecule has 7 heteroatoms. The van der Waals surface area contributed by atoms with E-state index in [9.17, 15) is 4.39 Å². The molecule has 0 atom stereocenters. The molecular weight excluding hydrogens is 313 g/mol. The van der Waals surface area contributed by atoms with Crippen LogP contribution in [0.4, 0.5) is 10.2 Å². The van der Waals surface area contributed by atoms with Crippen molar-refractivity contribution in [1.29, 1.82) is 0 Å². The lowest BCUT2D eigenvalue weighted by atomic mass is 10.3. The number of benzene rings is 1. The average molecular weight is 324 g/mol. The Kier molecular flexibility index (Phi) is 3.90. The molecule has 0 amide bonds. The number of hydrogen-bond donors (Lipinski definition) is 1. The largest absolute Gasteiger partial charge is 0.486 e. The van der Waals surface area contributed by atoms with E-state index in [1.165, 1.54) is 29.5 Å². The summed E-state index contributed by atoms with van der Waals surface area (Å²) in [5.41, 5.74) is 0. The van der Waals surface area contributed by atoms with Gasteiger partial charge < -0.3 is 10.1 Å². The van der Waals surface area contributed by atoms with Gasteiger partial charge in [0.2, 0.25) is 0 Å². The Bertz CT molecular complexity index is 793. The maximum absolute atomic E-state index is 13.1. The number of anilines is 1. The molecule has 1 N–H and O–H groups in total. The highest BCUT2D eigenvalue weighted by Gasteiger charge is 2.09. The van der Waals surface area contributed by atoms with Gasteiger partial charge in [-0.3, -0.25) is 0 Å². The first kappa shape index (κ1) is 14.0. The van der Waals surface area contributed by atoms with Crippen LogP contribution in [0.5, 0.6) is 5.75 Å². The maximum atomic E-state index is 13.1. The fourth-order valence-electron chi connectivity index (χ4n) is 1.87. The van der Waals surface area contributed by atoms with Crippen LogP contribution in [0.25, 0.3) is 10.2 Å². The molecule has 0 bridgehead atoms. The highest BCUT2D eigenvalue weighted by molar-refractivity contribution is 7.16. The van der Waals surface area contributed by atoms with Gasteiger partial charge in [-0.1, -0.05) is 11.6 Å². The molecule has 108 valence electrons. The zero-order valence-electron chi connectivity index (χ0n) is 11.1. The molecule has 0 radical (unpaired) electrons. The third-order valence-corrected chi connectivity index (χ3v) is 3.96. The van der Waals surface area contributed by atoms with Gasteiger partial charge in [-0.2, -0.15) is 0 Å². The van der Waals surface area contributed by atoms with Crippen LogP contribution in [-0.4, -0.2) is 17.0 Å². The molecule has 0 saturated carbocycles. The van der Waals surface area contributed by atoms with Gasteiger partial charge in [-0.25, -0.2) is 14.4 Å². The van der Waals surface area contributed by atoms with E-state index in [0.717, 1.165) is 16.0 Å². The molecule has 0 aliphatic carbocycles. The first-order valence-corrected chi connectivity index (χ1v) is 7.43. The summed E-state index contributed by atoms with van der Waals surface area (Å²) in [4.78, 5) is 9.73. The average Bonchev–Trinajstić information content (AvgIpc) is 2.96. The minimum absolute atomic E-state index is 0.0260. The molecule has 0 saturated heterocycles. The minimum Gasteiger partial charge on any atom is -0.486 e. The number of nitrogens with zero attached hydrogens (tertiary/aromatic N) is 2. The van der Waals surface area contributed by atoms with E-state index in [1.54, 1.807) is 0 Å². The van der Waals surface area contributed by atoms with E-state index >= 15 is 0 Å². The molecule has 3 rings (SSSR count). The predicted molar refractivity (Wildman–Crippen MR) is 82.7 cm³/mol. The molecule has 0 fully saturated rings. The summed E-state index contributed by atoms with van der Waals surface area (Å²) < 4.78 is 18.6. The van der Waals surface area contributed by atoms with Crippen molar-refractivity contribution in [1.82, 2.24) is 9.97 Å². The zero-order chi connectivity index (χ0) is 14.8. The van der Waals surface area contributed by atoms with Crippen LogP contribution in [0, 0.1) is 5.82 Å². The Morgan fingerprint density at radius 3 is 2.95 bits per heavy atom. The number of fused-ring (bicyclic) bond motifs is 1. The van der Waals surface area contributed by atoms with Gasteiger partial charge in [-0.05, 0) is 23.6 Å². The van der Waals surface area contributed by atoms with Crippen LogP contribution in [0.3, 0.4) is 0 Å². The molecule has 0 aliphatic heterocycles. The summed E-state index contributed by atoms with van der Waals surface area (Å²) >= 11 is 7.25. The number of nitrogens with one attached hydrogen (secondary N) is 1. The van der Waals surface area contributed by atoms with Crippen LogP contribution >= 0.6 is 22.9 Å². The molecular formula is C14H11ClFN3OS. The van der Waals surface area contributed by atoms with Gasteiger partial charge in [0.1, 0.15) is 28.8 Å². The molecule has 0 spiro atoms. The number of halogens is 2. The fraction of sp³-hybridized carbons (Fsp3) is 0.143. The van der Waals surface area contributed by atoms with E-state index in [0.29, 0.717) is 11.6 Å². The van der Waals surface area contributed by atoms with E-state index in [4.69, 9.17) is 16.3 Å². The number of hydrogen-bond acceptors (Lipinski definition) is 5. The molecule has 0 unspecified atom stereocenters. The van der Waals surface area contributed by atoms with Crippen molar-refractivity contribution in [3.8, 4) is 5.75 Å². The van der Waals surface area contributed by atoms with Crippen molar-refractivity contribution in [2.75, 3.05) is 12.4 Å². The Labute approximate surface area is 129 Å². The zero-order valence-corrected chi connectivity index (χ0v) is 12.6. The SMILES string of the molecule is CNc1nc(COc2ccc(F)c(Cl)c2)nc2sccc12. The molecule has 3 aromatic rings. The van der Waals surface area contributed by atoms with E-state index in [-0.39, 0.29) is 11.6 Å². The third kappa shape index (κ3) is 2.91. The Hall–Kier alpha value is -1.92. The van der Waals surface area contributed by atoms with Crippen LogP contribution in [0.1, 0.15) is 5.82 Å². The molecule has 4 nitrogen and oxygen atoms in total. The molecule has 21 heavy (non-hydrogen) atoms. The van der Waals surface area contributed by atoms with Crippen LogP contribution in [0.2, 0.25) is 5.02 Å². The predicted octanol–water partition coefficient (Wildman–Crippen LogP) is 4.10. The summed E-state index contributed by atoms with van der Waals surface area (Å²) in [6.07, 6.45) is 0. The third-order valence-electron chi connectivity index (χ3n) is 2.87. The topological polar surface area (TPSA) is 47.0 Å². The molecule has 0 aliphatic rings. The van der Waals surface area contributed by atoms with E-state index in [2.05, 4.69) is 15.3 Å². The lowest BCUT2D eigenvalue weighted by Gasteiger charge is -2.08. The Balaban J connectivity index is 1.82. The maximum Gasteiger partial charge on any atom is 0.169 e. The number of ether oxygens (including phenoxy) is 1. The van der Waals surface area contributed by atoms with E-state index < -0.39 is 5.82 Å². The van der Waals surface area contributed by atoms with Gasteiger partial charge in [0.15, 0.2) is 5.82 Å². The summed E-state index contributed by atoms with van der Waals surface area (Å²) in [6, 6.07) is 6.18. The summed E-state index contributed by atoms with van der Waals surface area (Å²) in [6.45, 7) is 0.185. The number of rotatable bonds is 4. The normalized spacial score (nSPS) is 10.8. The summed E-state index contributed by atoms with van der Waals surface area (Å²) in [5, 5.41) is 6.01. The van der Waals surface area contributed by atoms with Gasteiger partial charge in [0.05, 0.1) is 10.4 Å². The number of thiophene rings is 1. The van der Waals surface area contributed by atoms with Crippen molar-refractivity contribution in [2.24, 2.45) is 0 Å². The van der Waals surface area contributed by atoms with Crippen LogP contribution < -0.4 is 10.1 Å².